The average Bonchev–Trinajstić information content (AvgIpc) is 2.99. The van der Waals surface area contributed by atoms with E-state index in [-0.39, 0.29) is 6.10 Å². The van der Waals surface area contributed by atoms with Crippen LogP contribution in [-0.4, -0.2) is 16.2 Å². The first kappa shape index (κ1) is 9.46. The molecule has 1 aliphatic carbocycles. The van der Waals surface area contributed by atoms with Gasteiger partial charge < -0.3 is 10.8 Å². The highest BCUT2D eigenvalue weighted by atomic mass is 16.3. The van der Waals surface area contributed by atoms with E-state index in [0.29, 0.717) is 5.92 Å². The quantitative estimate of drug-likeness (QED) is 0.757. The van der Waals surface area contributed by atoms with Crippen molar-refractivity contribution < 1.29 is 5.11 Å². The summed E-state index contributed by atoms with van der Waals surface area (Å²) in [6, 6.07) is 1.80. The van der Waals surface area contributed by atoms with Crippen molar-refractivity contribution in [3.63, 3.8) is 0 Å². The maximum Gasteiger partial charge on any atom is 0.0571 e. The van der Waals surface area contributed by atoms with E-state index in [9.17, 15) is 5.11 Å². The molecule has 1 unspecified atom stereocenters. The third-order valence-corrected chi connectivity index (χ3v) is 2.82. The smallest absolute Gasteiger partial charge is 0.0571 e. The van der Waals surface area contributed by atoms with E-state index in [0.717, 1.165) is 24.1 Å². The molecule has 0 aliphatic heterocycles. The highest BCUT2D eigenvalue weighted by Crippen LogP contribution is 2.34. The number of hydrogen-bond donors (Lipinski definition) is 2. The summed E-state index contributed by atoms with van der Waals surface area (Å²) in [5.74, 6) is 0.549. The molecule has 3 nitrogen and oxygen atoms in total. The standard InChI is InChI=1S/C11H16N2O/c12-10-5-6-13-7-9(10)3-4-11(14)8-1-2-8/h5-8,11,14H,1-4H2,(H2,12,13). The maximum atomic E-state index is 9.68. The molecule has 1 aliphatic rings. The molecule has 0 amide bonds. The van der Waals surface area contributed by atoms with Gasteiger partial charge >= 0.3 is 0 Å². The van der Waals surface area contributed by atoms with Crippen LogP contribution >= 0.6 is 0 Å². The lowest BCUT2D eigenvalue weighted by atomic mass is 10.0. The molecule has 0 spiro atoms. The van der Waals surface area contributed by atoms with Crippen molar-refractivity contribution >= 4 is 5.69 Å². The van der Waals surface area contributed by atoms with Crippen LogP contribution in [0, 0.1) is 5.92 Å². The van der Waals surface area contributed by atoms with Crippen molar-refractivity contribution in [3.05, 3.63) is 24.0 Å². The molecule has 0 radical (unpaired) electrons. The van der Waals surface area contributed by atoms with Gasteiger partial charge in [0.15, 0.2) is 0 Å². The van der Waals surface area contributed by atoms with Crippen LogP contribution in [0.4, 0.5) is 5.69 Å². The fourth-order valence-corrected chi connectivity index (χ4v) is 1.67. The van der Waals surface area contributed by atoms with Gasteiger partial charge in [-0.3, -0.25) is 4.98 Å². The Morgan fingerprint density at radius 3 is 3.00 bits per heavy atom. The van der Waals surface area contributed by atoms with E-state index in [2.05, 4.69) is 4.98 Å². The van der Waals surface area contributed by atoms with Crippen molar-refractivity contribution in [2.24, 2.45) is 5.92 Å². The summed E-state index contributed by atoms with van der Waals surface area (Å²) in [6.45, 7) is 0. The summed E-state index contributed by atoms with van der Waals surface area (Å²) in [4.78, 5) is 4.02. The molecule has 2 rings (SSSR count). The predicted octanol–water partition coefficient (Wildman–Crippen LogP) is 1.37. The second-order valence-corrected chi connectivity index (χ2v) is 4.02. The van der Waals surface area contributed by atoms with Gasteiger partial charge in [-0.15, -0.1) is 0 Å². The Kier molecular flexibility index (Phi) is 2.68. The van der Waals surface area contributed by atoms with E-state index in [4.69, 9.17) is 5.73 Å². The van der Waals surface area contributed by atoms with Crippen LogP contribution in [0.15, 0.2) is 18.5 Å². The molecule has 1 saturated carbocycles. The fourth-order valence-electron chi connectivity index (χ4n) is 1.67. The molecule has 0 saturated heterocycles. The number of aryl methyl sites for hydroxylation is 1. The van der Waals surface area contributed by atoms with Crippen LogP contribution < -0.4 is 5.73 Å². The van der Waals surface area contributed by atoms with Crippen molar-refractivity contribution in [2.45, 2.75) is 31.8 Å². The summed E-state index contributed by atoms with van der Waals surface area (Å²) in [5.41, 5.74) is 7.61. The highest BCUT2D eigenvalue weighted by molar-refractivity contribution is 5.44. The first-order valence-corrected chi connectivity index (χ1v) is 5.14. The number of aromatic nitrogens is 1. The number of nitrogens with zero attached hydrogens (tertiary/aromatic N) is 1. The number of aliphatic hydroxyl groups is 1. The van der Waals surface area contributed by atoms with Crippen molar-refractivity contribution in [1.82, 2.24) is 4.98 Å². The normalized spacial score (nSPS) is 18.1. The Bertz CT molecular complexity index is 310. The first-order chi connectivity index (χ1) is 6.77. The minimum Gasteiger partial charge on any atom is -0.398 e. The van der Waals surface area contributed by atoms with E-state index < -0.39 is 0 Å². The second kappa shape index (κ2) is 3.96. The van der Waals surface area contributed by atoms with Gasteiger partial charge in [0, 0.05) is 18.1 Å². The summed E-state index contributed by atoms with van der Waals surface area (Å²) < 4.78 is 0. The molecule has 3 heteroatoms. The topological polar surface area (TPSA) is 59.1 Å². The number of rotatable bonds is 4. The van der Waals surface area contributed by atoms with Gasteiger partial charge in [0.25, 0.3) is 0 Å². The monoisotopic (exact) mass is 192 g/mol. The molecule has 1 aromatic heterocycles. The largest absolute Gasteiger partial charge is 0.398 e. The Morgan fingerprint density at radius 2 is 2.36 bits per heavy atom. The van der Waals surface area contributed by atoms with Crippen molar-refractivity contribution in [1.29, 1.82) is 0 Å². The van der Waals surface area contributed by atoms with Crippen LogP contribution in [0.1, 0.15) is 24.8 Å². The molecule has 0 aromatic carbocycles. The SMILES string of the molecule is Nc1ccncc1CCC(O)C1CC1. The van der Waals surface area contributed by atoms with Gasteiger partial charge in [-0.1, -0.05) is 0 Å². The van der Waals surface area contributed by atoms with Crippen LogP contribution in [-0.2, 0) is 6.42 Å². The van der Waals surface area contributed by atoms with Crippen LogP contribution in [0.2, 0.25) is 0 Å². The molecular formula is C11H16N2O. The Morgan fingerprint density at radius 1 is 1.57 bits per heavy atom. The van der Waals surface area contributed by atoms with Crippen LogP contribution in [0.3, 0.4) is 0 Å². The molecule has 14 heavy (non-hydrogen) atoms. The highest BCUT2D eigenvalue weighted by Gasteiger charge is 2.29. The number of anilines is 1. The van der Waals surface area contributed by atoms with Crippen molar-refractivity contribution in [3.8, 4) is 0 Å². The maximum absolute atomic E-state index is 9.68. The minimum absolute atomic E-state index is 0.144. The van der Waals surface area contributed by atoms with Gasteiger partial charge in [-0.25, -0.2) is 0 Å². The van der Waals surface area contributed by atoms with Crippen molar-refractivity contribution in [2.75, 3.05) is 5.73 Å². The summed E-state index contributed by atoms with van der Waals surface area (Å²) in [6.07, 6.45) is 7.34. The lowest BCUT2D eigenvalue weighted by molar-refractivity contribution is 0.142. The van der Waals surface area contributed by atoms with Crippen LogP contribution in [0.5, 0.6) is 0 Å². The molecule has 1 heterocycles. The summed E-state index contributed by atoms with van der Waals surface area (Å²) in [7, 11) is 0. The zero-order valence-corrected chi connectivity index (χ0v) is 8.19. The Hall–Kier alpha value is -1.09. The molecule has 76 valence electrons. The molecule has 3 N–H and O–H groups in total. The molecule has 1 aromatic rings. The Labute approximate surface area is 84.0 Å². The number of hydrogen-bond acceptors (Lipinski definition) is 3. The third-order valence-electron chi connectivity index (χ3n) is 2.82. The summed E-state index contributed by atoms with van der Waals surface area (Å²) in [5, 5.41) is 9.68. The average molecular weight is 192 g/mol. The lowest BCUT2D eigenvalue weighted by Crippen LogP contribution is -2.10. The van der Waals surface area contributed by atoms with Crippen LogP contribution in [0.25, 0.3) is 0 Å². The number of nitrogen functional groups attached to an aromatic ring is 1. The zero-order chi connectivity index (χ0) is 9.97. The molecule has 1 fully saturated rings. The zero-order valence-electron chi connectivity index (χ0n) is 8.19. The first-order valence-electron chi connectivity index (χ1n) is 5.14. The molecular weight excluding hydrogens is 176 g/mol. The van der Waals surface area contributed by atoms with Gasteiger partial charge in [0.2, 0.25) is 0 Å². The molecule has 1 atom stereocenters. The van der Waals surface area contributed by atoms with Gasteiger partial charge in [-0.2, -0.15) is 0 Å². The second-order valence-electron chi connectivity index (χ2n) is 4.02. The summed E-state index contributed by atoms with van der Waals surface area (Å²) >= 11 is 0. The van der Waals surface area contributed by atoms with E-state index >= 15 is 0 Å². The number of aliphatic hydroxyl groups excluding tert-OH is 1. The number of pyridine rings is 1. The predicted molar refractivity (Wildman–Crippen MR) is 55.7 cm³/mol. The van der Waals surface area contributed by atoms with E-state index in [1.807, 2.05) is 0 Å². The Balaban J connectivity index is 1.87. The van der Waals surface area contributed by atoms with E-state index in [1.165, 1.54) is 12.8 Å². The van der Waals surface area contributed by atoms with E-state index in [1.54, 1.807) is 18.5 Å². The minimum atomic E-state index is -0.144. The third kappa shape index (κ3) is 2.23. The molecule has 0 bridgehead atoms. The van der Waals surface area contributed by atoms with Gasteiger partial charge in [0.05, 0.1) is 6.10 Å². The van der Waals surface area contributed by atoms with Gasteiger partial charge in [-0.05, 0) is 43.2 Å². The fraction of sp³-hybridized carbons (Fsp3) is 0.545. The van der Waals surface area contributed by atoms with Gasteiger partial charge in [0.1, 0.15) is 0 Å². The number of nitrogens with two attached hydrogens (primary N) is 1. The lowest BCUT2D eigenvalue weighted by Gasteiger charge is -2.09.